The third-order valence-corrected chi connectivity index (χ3v) is 5.94. The van der Waals surface area contributed by atoms with Crippen LogP contribution in [0.2, 0.25) is 10.0 Å². The van der Waals surface area contributed by atoms with Crippen molar-refractivity contribution in [3.8, 4) is 23.0 Å². The molecule has 38 heavy (non-hydrogen) atoms. The monoisotopic (exact) mass is 556 g/mol. The van der Waals surface area contributed by atoms with Gasteiger partial charge in [-0.3, -0.25) is 14.9 Å². The molecule has 3 aromatic carbocycles. The number of amides is 4. The van der Waals surface area contributed by atoms with Crippen molar-refractivity contribution in [2.75, 3.05) is 32.3 Å². The van der Waals surface area contributed by atoms with Gasteiger partial charge in [-0.2, -0.15) is 0 Å². The first-order chi connectivity index (χ1) is 18.3. The highest BCUT2D eigenvalue weighted by Gasteiger charge is 2.36. The van der Waals surface area contributed by atoms with Crippen molar-refractivity contribution in [2.24, 2.45) is 0 Å². The molecule has 0 radical (unpaired) electrons. The number of nitrogens with one attached hydrogen (secondary N) is 1. The second kappa shape index (κ2) is 11.9. The van der Waals surface area contributed by atoms with Crippen molar-refractivity contribution < 1.29 is 33.3 Å². The molecule has 0 saturated carbocycles. The molecule has 4 rings (SSSR count). The Hall–Kier alpha value is -4.21. The van der Waals surface area contributed by atoms with E-state index in [1.807, 2.05) is 12.1 Å². The molecule has 0 spiro atoms. The Balaban J connectivity index is 1.52. The molecule has 1 saturated heterocycles. The number of rotatable bonds is 9. The summed E-state index contributed by atoms with van der Waals surface area (Å²) in [5.74, 6) is 0.0608. The quantitative estimate of drug-likeness (QED) is 0.221. The van der Waals surface area contributed by atoms with E-state index in [1.165, 1.54) is 43.5 Å². The second-order valence-corrected chi connectivity index (χ2v) is 8.66. The maximum Gasteiger partial charge on any atom is 0.335 e. The lowest BCUT2D eigenvalue weighted by atomic mass is 10.1. The molecule has 1 fully saturated rings. The molecule has 0 bridgehead atoms. The van der Waals surface area contributed by atoms with Crippen LogP contribution >= 0.6 is 23.2 Å². The van der Waals surface area contributed by atoms with E-state index < -0.39 is 17.8 Å². The minimum Gasteiger partial charge on any atom is -0.493 e. The minimum atomic E-state index is -0.867. The van der Waals surface area contributed by atoms with E-state index in [0.717, 1.165) is 4.90 Å². The van der Waals surface area contributed by atoms with Crippen molar-refractivity contribution in [1.29, 1.82) is 0 Å². The Morgan fingerprint density at radius 3 is 2.18 bits per heavy atom. The maximum absolute atomic E-state index is 13.1. The third kappa shape index (κ3) is 5.85. The van der Waals surface area contributed by atoms with Gasteiger partial charge in [-0.25, -0.2) is 9.69 Å². The van der Waals surface area contributed by atoms with Crippen LogP contribution in [-0.2, 0) is 9.59 Å². The zero-order valence-corrected chi connectivity index (χ0v) is 21.8. The lowest BCUT2D eigenvalue weighted by Crippen LogP contribution is -2.54. The van der Waals surface area contributed by atoms with Gasteiger partial charge in [0.25, 0.3) is 11.8 Å². The Morgan fingerprint density at radius 2 is 1.50 bits per heavy atom. The zero-order valence-electron chi connectivity index (χ0n) is 20.3. The van der Waals surface area contributed by atoms with Crippen molar-refractivity contribution in [3.63, 3.8) is 0 Å². The molecule has 196 valence electrons. The van der Waals surface area contributed by atoms with Gasteiger partial charge in [0.2, 0.25) is 0 Å². The summed E-state index contributed by atoms with van der Waals surface area (Å²) in [5.41, 5.74) is 0.370. The lowest BCUT2D eigenvalue weighted by molar-refractivity contribution is -0.122. The summed E-state index contributed by atoms with van der Waals surface area (Å²) >= 11 is 12.4. The summed E-state index contributed by atoms with van der Waals surface area (Å²) in [7, 11) is 2.98. The van der Waals surface area contributed by atoms with Crippen LogP contribution in [0.25, 0.3) is 6.08 Å². The van der Waals surface area contributed by atoms with E-state index in [4.69, 9.17) is 42.1 Å². The van der Waals surface area contributed by atoms with Gasteiger partial charge in [-0.1, -0.05) is 35.3 Å². The molecular weight excluding hydrogens is 535 g/mol. The summed E-state index contributed by atoms with van der Waals surface area (Å²) in [4.78, 5) is 38.9. The van der Waals surface area contributed by atoms with E-state index in [1.54, 1.807) is 25.3 Å². The summed E-state index contributed by atoms with van der Waals surface area (Å²) in [6, 6.07) is 15.5. The van der Waals surface area contributed by atoms with Crippen LogP contribution in [0.15, 0.2) is 66.2 Å². The molecule has 9 nitrogen and oxygen atoms in total. The third-order valence-electron chi connectivity index (χ3n) is 5.41. The van der Waals surface area contributed by atoms with Crippen LogP contribution in [0.1, 0.15) is 5.56 Å². The van der Waals surface area contributed by atoms with Gasteiger partial charge in [0.1, 0.15) is 18.8 Å². The summed E-state index contributed by atoms with van der Waals surface area (Å²) < 4.78 is 22.2. The number of hydrogen-bond acceptors (Lipinski definition) is 7. The molecule has 0 unspecified atom stereocenters. The van der Waals surface area contributed by atoms with Gasteiger partial charge < -0.3 is 18.9 Å². The number of imide groups is 2. The van der Waals surface area contributed by atoms with Crippen LogP contribution in [0.5, 0.6) is 23.0 Å². The largest absolute Gasteiger partial charge is 0.493 e. The first-order valence-electron chi connectivity index (χ1n) is 11.3. The molecule has 3 aromatic rings. The van der Waals surface area contributed by atoms with Crippen LogP contribution in [0.4, 0.5) is 10.5 Å². The molecule has 11 heteroatoms. The van der Waals surface area contributed by atoms with Crippen LogP contribution in [0, 0.1) is 0 Å². The Kier molecular flexibility index (Phi) is 8.40. The fraction of sp³-hybridized carbons (Fsp3) is 0.148. The molecule has 1 aliphatic heterocycles. The van der Waals surface area contributed by atoms with E-state index in [0.29, 0.717) is 22.1 Å². The number of ether oxygens (including phenoxy) is 4. The van der Waals surface area contributed by atoms with Gasteiger partial charge in [-0.05, 0) is 60.2 Å². The molecule has 0 aromatic heterocycles. The predicted molar refractivity (Wildman–Crippen MR) is 142 cm³/mol. The first-order valence-corrected chi connectivity index (χ1v) is 12.0. The number of methoxy groups -OCH3 is 2. The van der Waals surface area contributed by atoms with Crippen LogP contribution < -0.4 is 29.2 Å². The van der Waals surface area contributed by atoms with Gasteiger partial charge >= 0.3 is 6.03 Å². The van der Waals surface area contributed by atoms with Crippen molar-refractivity contribution in [1.82, 2.24) is 5.32 Å². The van der Waals surface area contributed by atoms with Crippen LogP contribution in [-0.4, -0.2) is 45.3 Å². The standard InChI is InChI=1S/C27H22Cl2N2O7/c1-35-21-5-3-4-6-22(21)37-11-12-38-24-20(29)14-16(15-23(24)36-2)13-19-25(32)30-27(34)31(26(19)33)18-9-7-17(28)8-10-18/h3-10,13-15H,11-12H2,1-2H3,(H,30,32,34). The highest BCUT2D eigenvalue weighted by atomic mass is 35.5. The van der Waals surface area contributed by atoms with Gasteiger partial charge in [0.05, 0.1) is 24.9 Å². The smallest absolute Gasteiger partial charge is 0.335 e. The van der Waals surface area contributed by atoms with Crippen molar-refractivity contribution in [2.45, 2.75) is 0 Å². The SMILES string of the molecule is COc1ccccc1OCCOc1c(Cl)cc(C=C2C(=O)NC(=O)N(c3ccc(Cl)cc3)C2=O)cc1OC. The molecule has 1 N–H and O–H groups in total. The number of halogens is 2. The number of carbonyl (C=O) groups is 3. The van der Waals surface area contributed by atoms with Crippen molar-refractivity contribution >= 4 is 52.8 Å². The van der Waals surface area contributed by atoms with Crippen LogP contribution in [0.3, 0.4) is 0 Å². The number of urea groups is 1. The molecule has 1 aliphatic rings. The van der Waals surface area contributed by atoms with E-state index in [2.05, 4.69) is 5.32 Å². The van der Waals surface area contributed by atoms with E-state index in [9.17, 15) is 14.4 Å². The Bertz CT molecular complexity index is 1410. The van der Waals surface area contributed by atoms with Gasteiger partial charge in [0.15, 0.2) is 23.0 Å². The highest BCUT2D eigenvalue weighted by molar-refractivity contribution is 6.39. The lowest BCUT2D eigenvalue weighted by Gasteiger charge is -2.26. The van der Waals surface area contributed by atoms with Crippen molar-refractivity contribution in [3.05, 3.63) is 81.8 Å². The molecule has 1 heterocycles. The fourth-order valence-electron chi connectivity index (χ4n) is 3.65. The van der Waals surface area contributed by atoms with Gasteiger partial charge in [-0.15, -0.1) is 0 Å². The average Bonchev–Trinajstić information content (AvgIpc) is 2.90. The number of nitrogens with zero attached hydrogens (tertiary/aromatic N) is 1. The summed E-state index contributed by atoms with van der Waals surface area (Å²) in [6.07, 6.45) is 1.32. The average molecular weight is 557 g/mol. The molecular formula is C27H22Cl2N2O7. The van der Waals surface area contributed by atoms with Gasteiger partial charge in [0, 0.05) is 5.02 Å². The molecule has 0 aliphatic carbocycles. The normalized spacial score (nSPS) is 14.4. The molecule has 0 atom stereocenters. The second-order valence-electron chi connectivity index (χ2n) is 7.82. The highest BCUT2D eigenvalue weighted by Crippen LogP contribution is 2.37. The summed E-state index contributed by atoms with van der Waals surface area (Å²) in [5, 5.41) is 2.78. The number of carbonyl (C=O) groups excluding carboxylic acids is 3. The fourth-order valence-corrected chi connectivity index (χ4v) is 4.05. The van der Waals surface area contributed by atoms with E-state index in [-0.39, 0.29) is 41.0 Å². The van der Waals surface area contributed by atoms with E-state index >= 15 is 0 Å². The Morgan fingerprint density at radius 1 is 0.842 bits per heavy atom. The number of hydrogen-bond donors (Lipinski definition) is 1. The summed E-state index contributed by atoms with van der Waals surface area (Å²) in [6.45, 7) is 0.350. The molecule has 4 amide bonds. The topological polar surface area (TPSA) is 103 Å². The number of barbiturate groups is 1. The maximum atomic E-state index is 13.1. The Labute approximate surface area is 228 Å². The predicted octanol–water partition coefficient (Wildman–Crippen LogP) is 5.13. The minimum absolute atomic E-state index is 0.146. The zero-order chi connectivity index (χ0) is 27.2. The number of para-hydroxylation sites is 2. The number of benzene rings is 3. The number of anilines is 1. The first kappa shape index (κ1) is 26.8.